The van der Waals surface area contributed by atoms with Crippen molar-refractivity contribution in [1.82, 2.24) is 0 Å². The summed E-state index contributed by atoms with van der Waals surface area (Å²) in [5.41, 5.74) is 0.738. The second kappa shape index (κ2) is 2.93. The average molecular weight is 157 g/mol. The molecule has 1 rings (SSSR count). The standard InChI is InChI=1S/C8H6ClF/c1-2-6-3-4-7(9)8(10)5-6/h2-5H,1H2. The summed E-state index contributed by atoms with van der Waals surface area (Å²) in [6.45, 7) is 3.49. The third kappa shape index (κ3) is 1.42. The fourth-order valence-corrected chi connectivity index (χ4v) is 0.757. The van der Waals surface area contributed by atoms with Gasteiger partial charge < -0.3 is 0 Å². The first-order chi connectivity index (χ1) is 4.74. The Labute approximate surface area is 64.6 Å². The van der Waals surface area contributed by atoms with E-state index < -0.39 is 5.82 Å². The zero-order valence-corrected chi connectivity index (χ0v) is 6.03. The van der Waals surface area contributed by atoms with Crippen LogP contribution in [0.3, 0.4) is 0 Å². The predicted octanol–water partition coefficient (Wildman–Crippen LogP) is 2.87. The van der Waals surface area contributed by atoms with Gasteiger partial charge in [0.15, 0.2) is 5.82 Å². The minimum absolute atomic E-state index is 0.144. The van der Waals surface area contributed by atoms with Crippen LogP contribution < -0.4 is 0 Å². The van der Waals surface area contributed by atoms with Crippen molar-refractivity contribution in [3.05, 3.63) is 47.9 Å². The predicted molar refractivity (Wildman–Crippen MR) is 40.2 cm³/mol. The summed E-state index contributed by atoms with van der Waals surface area (Å²) in [5.74, 6) is -0.404. The summed E-state index contributed by atoms with van der Waals surface area (Å²) in [6.07, 6.45) is 1.57. The van der Waals surface area contributed by atoms with Crippen LogP contribution in [0.25, 0.3) is 0 Å². The van der Waals surface area contributed by atoms with Crippen LogP contribution in [0, 0.1) is 19.2 Å². The number of rotatable bonds is 1. The molecule has 10 heavy (non-hydrogen) atoms. The van der Waals surface area contributed by atoms with E-state index in [9.17, 15) is 4.39 Å². The molecule has 0 aromatic heterocycles. The summed E-state index contributed by atoms with van der Waals surface area (Å²) >= 11 is 5.43. The molecule has 1 aromatic carbocycles. The molecular weight excluding hydrogens is 151 g/mol. The largest absolute Gasteiger partial charge is 0.260 e. The molecule has 0 saturated carbocycles. The molecule has 2 heteroatoms. The second-order valence-corrected chi connectivity index (χ2v) is 2.28. The van der Waals surface area contributed by atoms with Crippen LogP contribution in [-0.2, 0) is 0 Å². The molecule has 0 aliphatic heterocycles. The molecule has 0 fully saturated rings. The van der Waals surface area contributed by atoms with E-state index in [4.69, 9.17) is 11.6 Å². The van der Waals surface area contributed by atoms with Gasteiger partial charge in [-0.2, -0.15) is 4.39 Å². The van der Waals surface area contributed by atoms with E-state index in [1.165, 1.54) is 12.1 Å². The topological polar surface area (TPSA) is 0 Å². The Balaban J connectivity index is 3.04. The van der Waals surface area contributed by atoms with E-state index >= 15 is 0 Å². The molecule has 0 spiro atoms. The zero-order valence-electron chi connectivity index (χ0n) is 5.27. The lowest BCUT2D eigenvalue weighted by Crippen LogP contribution is -1.80. The van der Waals surface area contributed by atoms with Gasteiger partial charge in [0.25, 0.3) is 0 Å². The van der Waals surface area contributed by atoms with E-state index in [1.54, 1.807) is 12.5 Å². The van der Waals surface area contributed by atoms with Crippen molar-refractivity contribution in [2.24, 2.45) is 0 Å². The molecule has 0 aliphatic carbocycles. The van der Waals surface area contributed by atoms with Gasteiger partial charge >= 0.3 is 0 Å². The van der Waals surface area contributed by atoms with Crippen LogP contribution in [0.1, 0.15) is 5.56 Å². The Kier molecular flexibility index (Phi) is 2.17. The van der Waals surface area contributed by atoms with Gasteiger partial charge in [-0.15, -0.1) is 6.42 Å². The molecule has 0 heterocycles. The number of benzene rings is 1. The molecule has 0 saturated heterocycles. The van der Waals surface area contributed by atoms with Crippen molar-refractivity contribution in [3.63, 3.8) is 0 Å². The van der Waals surface area contributed by atoms with Crippen molar-refractivity contribution in [2.45, 2.75) is 0 Å². The lowest BCUT2D eigenvalue weighted by atomic mass is 10.2. The molecule has 52 valence electrons. The second-order valence-electron chi connectivity index (χ2n) is 1.88. The average Bonchev–Trinajstić information content (AvgIpc) is 1.95. The highest BCUT2D eigenvalue weighted by Gasteiger charge is 2.03. The van der Waals surface area contributed by atoms with Gasteiger partial charge in [0, 0.05) is 12.1 Å². The monoisotopic (exact) mass is 156 g/mol. The Hall–Kier alpha value is -0.690. The van der Waals surface area contributed by atoms with Crippen LogP contribution in [0.4, 0.5) is 4.39 Å². The van der Waals surface area contributed by atoms with Gasteiger partial charge in [-0.05, 0) is 0 Å². The van der Waals surface area contributed by atoms with Crippen molar-refractivity contribution in [2.75, 3.05) is 0 Å². The van der Waals surface area contributed by atoms with E-state index in [1.807, 2.05) is 0 Å². The summed E-state index contributed by atoms with van der Waals surface area (Å²) < 4.78 is 12.6. The number of hydrogen-bond donors (Lipinski definition) is 0. The third-order valence-corrected chi connectivity index (χ3v) is 1.49. The Morgan fingerprint density at radius 1 is 1.50 bits per heavy atom. The molecule has 0 N–H and O–H groups in total. The fourth-order valence-electron chi connectivity index (χ4n) is 0.639. The minimum atomic E-state index is -0.404. The zero-order chi connectivity index (χ0) is 7.56. The lowest BCUT2D eigenvalue weighted by molar-refractivity contribution is 0.627. The van der Waals surface area contributed by atoms with Gasteiger partial charge in [-0.25, -0.2) is 0 Å². The first-order valence-electron chi connectivity index (χ1n) is 2.81. The van der Waals surface area contributed by atoms with Gasteiger partial charge in [0.2, 0.25) is 0 Å². The van der Waals surface area contributed by atoms with E-state index in [0.717, 1.165) is 5.56 Å². The van der Waals surface area contributed by atoms with Crippen LogP contribution in [0.2, 0.25) is 5.02 Å². The molecule has 0 nitrogen and oxygen atoms in total. The smallest absolute Gasteiger partial charge is 0.198 e. The Morgan fingerprint density at radius 3 is 2.70 bits per heavy atom. The molecule has 0 atom stereocenters. The van der Waals surface area contributed by atoms with Gasteiger partial charge in [0.1, 0.15) is 10.6 Å². The Bertz CT molecular complexity index is 233. The normalized spacial score (nSPS) is 9.50. The third-order valence-electron chi connectivity index (χ3n) is 1.18. The molecule has 0 radical (unpaired) electrons. The van der Waals surface area contributed by atoms with Crippen molar-refractivity contribution >= 4 is 11.6 Å². The fraction of sp³-hybridized carbons (Fsp3) is 0. The van der Waals surface area contributed by atoms with E-state index in [2.05, 4.69) is 6.92 Å². The highest BCUT2D eigenvalue weighted by Crippen LogP contribution is 2.15. The quantitative estimate of drug-likeness (QED) is 0.549. The molecule has 0 amide bonds. The van der Waals surface area contributed by atoms with Gasteiger partial charge in [-0.1, -0.05) is 11.6 Å². The first kappa shape index (κ1) is 7.42. The van der Waals surface area contributed by atoms with Gasteiger partial charge in [-0.3, -0.25) is 6.92 Å². The molecule has 0 unspecified atom stereocenters. The van der Waals surface area contributed by atoms with Crippen molar-refractivity contribution < 1.29 is 4.39 Å². The first-order valence-corrected chi connectivity index (χ1v) is 3.19. The highest BCUT2D eigenvalue weighted by atomic mass is 35.5. The maximum Gasteiger partial charge on any atom is 0.198 e. The van der Waals surface area contributed by atoms with E-state index in [0.29, 0.717) is 0 Å². The molecule has 0 bridgehead atoms. The van der Waals surface area contributed by atoms with Crippen molar-refractivity contribution in [1.29, 1.82) is 0 Å². The van der Waals surface area contributed by atoms with Crippen LogP contribution >= 0.6 is 11.6 Å². The van der Waals surface area contributed by atoms with Gasteiger partial charge in [0.05, 0.1) is 6.07 Å². The highest BCUT2D eigenvalue weighted by molar-refractivity contribution is 6.30. The Morgan fingerprint density at radius 2 is 2.20 bits per heavy atom. The minimum Gasteiger partial charge on any atom is -0.260 e. The van der Waals surface area contributed by atoms with E-state index in [-0.39, 0.29) is 5.02 Å². The summed E-state index contributed by atoms with van der Waals surface area (Å²) in [7, 11) is 0. The maximum atomic E-state index is 12.6. The lowest BCUT2D eigenvalue weighted by Gasteiger charge is -1.91. The molecule has 0 aliphatic rings. The summed E-state index contributed by atoms with van der Waals surface area (Å²) in [4.78, 5) is 0. The summed E-state index contributed by atoms with van der Waals surface area (Å²) in [5, 5.41) is 0.144. The number of halogens is 2. The van der Waals surface area contributed by atoms with Crippen LogP contribution in [-0.4, -0.2) is 0 Å². The van der Waals surface area contributed by atoms with Crippen molar-refractivity contribution in [3.8, 4) is 0 Å². The number of hydrogen-bond acceptors (Lipinski definition) is 0. The molecular formula is C8H6ClF. The molecule has 1 aromatic rings. The SMILES string of the molecule is [CH2-][CH+]c1ccc(Cl)c(F)c1. The van der Waals surface area contributed by atoms with Crippen LogP contribution in [0.5, 0.6) is 0 Å². The maximum absolute atomic E-state index is 12.6. The summed E-state index contributed by atoms with van der Waals surface area (Å²) in [6, 6.07) is 4.56. The van der Waals surface area contributed by atoms with Crippen LogP contribution in [0.15, 0.2) is 18.2 Å².